The summed E-state index contributed by atoms with van der Waals surface area (Å²) in [5.41, 5.74) is 5.98. The van der Waals surface area contributed by atoms with E-state index in [0.717, 1.165) is 24.8 Å². The molecule has 1 aliphatic carbocycles. The molecule has 0 fully saturated rings. The molecule has 7 heteroatoms. The average Bonchev–Trinajstić information content (AvgIpc) is 2.47. The van der Waals surface area contributed by atoms with E-state index in [0.29, 0.717) is 11.8 Å². The second kappa shape index (κ2) is 8.55. The first-order valence-corrected chi connectivity index (χ1v) is 8.76. The van der Waals surface area contributed by atoms with Crippen LogP contribution in [-0.2, 0) is 14.2 Å². The SMILES string of the molecule is CC(C)C1CC=C(CC(O)(P=O)C(CCC(N)=O)C(=O)O)CC1. The summed E-state index contributed by atoms with van der Waals surface area (Å²) >= 11 is 0. The van der Waals surface area contributed by atoms with Crippen molar-refractivity contribution < 1.29 is 24.4 Å². The Hall–Kier alpha value is -1.26. The second-order valence-electron chi connectivity index (χ2n) is 6.68. The molecule has 0 aromatic heterocycles. The Morgan fingerprint density at radius 1 is 1.48 bits per heavy atom. The molecule has 0 aliphatic heterocycles. The zero-order valence-electron chi connectivity index (χ0n) is 13.7. The van der Waals surface area contributed by atoms with Crippen LogP contribution < -0.4 is 5.73 Å². The van der Waals surface area contributed by atoms with E-state index in [-0.39, 0.29) is 19.3 Å². The van der Waals surface area contributed by atoms with E-state index in [1.807, 2.05) is 6.08 Å². The second-order valence-corrected chi connectivity index (χ2v) is 7.64. The third kappa shape index (κ3) is 5.70. The lowest BCUT2D eigenvalue weighted by Gasteiger charge is -2.31. The molecule has 0 spiro atoms. The number of nitrogens with two attached hydrogens (primary N) is 1. The molecule has 0 radical (unpaired) electrons. The normalized spacial score (nSPS) is 22.4. The van der Waals surface area contributed by atoms with Gasteiger partial charge in [0, 0.05) is 12.8 Å². The molecule has 1 rings (SSSR count). The molecule has 0 heterocycles. The summed E-state index contributed by atoms with van der Waals surface area (Å²) in [6.45, 7) is 4.33. The molecule has 130 valence electrons. The molecule has 0 saturated heterocycles. The van der Waals surface area contributed by atoms with Gasteiger partial charge in [-0.05, 0) is 37.5 Å². The molecule has 4 N–H and O–H groups in total. The van der Waals surface area contributed by atoms with Crippen LogP contribution in [0.5, 0.6) is 0 Å². The largest absolute Gasteiger partial charge is 0.481 e. The zero-order chi connectivity index (χ0) is 17.6. The predicted molar refractivity (Wildman–Crippen MR) is 87.0 cm³/mol. The summed E-state index contributed by atoms with van der Waals surface area (Å²) in [6, 6.07) is 0. The van der Waals surface area contributed by atoms with Crippen LogP contribution in [0.25, 0.3) is 0 Å². The van der Waals surface area contributed by atoms with Gasteiger partial charge in [0.25, 0.3) is 0 Å². The quantitative estimate of drug-likeness (QED) is 0.439. The van der Waals surface area contributed by atoms with E-state index < -0.39 is 31.6 Å². The van der Waals surface area contributed by atoms with Gasteiger partial charge in [-0.1, -0.05) is 25.5 Å². The van der Waals surface area contributed by atoms with Crippen LogP contribution in [0.4, 0.5) is 0 Å². The molecule has 1 aliphatic rings. The third-order valence-corrected chi connectivity index (χ3v) is 5.46. The van der Waals surface area contributed by atoms with Crippen LogP contribution in [0.2, 0.25) is 0 Å². The molecule has 3 unspecified atom stereocenters. The third-order valence-electron chi connectivity index (χ3n) is 4.67. The van der Waals surface area contributed by atoms with Crippen molar-refractivity contribution in [2.45, 2.75) is 57.7 Å². The molecule has 23 heavy (non-hydrogen) atoms. The molecule has 0 bridgehead atoms. The number of amides is 1. The van der Waals surface area contributed by atoms with Gasteiger partial charge in [-0.15, -0.1) is 0 Å². The van der Waals surface area contributed by atoms with E-state index in [2.05, 4.69) is 13.8 Å². The van der Waals surface area contributed by atoms with Crippen molar-refractivity contribution >= 4 is 20.3 Å². The fourth-order valence-electron chi connectivity index (χ4n) is 3.07. The number of hydrogen-bond donors (Lipinski definition) is 3. The highest BCUT2D eigenvalue weighted by molar-refractivity contribution is 7.25. The number of rotatable bonds is 9. The number of primary amides is 1. The fourth-order valence-corrected chi connectivity index (χ4v) is 3.70. The van der Waals surface area contributed by atoms with Gasteiger partial charge in [-0.25, -0.2) is 0 Å². The van der Waals surface area contributed by atoms with Crippen molar-refractivity contribution in [3.05, 3.63) is 11.6 Å². The highest BCUT2D eigenvalue weighted by atomic mass is 31.1. The summed E-state index contributed by atoms with van der Waals surface area (Å²) in [4.78, 5) is 22.3. The Bertz CT molecular complexity index is 491. The molecule has 1 amide bonds. The van der Waals surface area contributed by atoms with Gasteiger partial charge in [-0.2, -0.15) is 0 Å². The van der Waals surface area contributed by atoms with Crippen molar-refractivity contribution in [1.82, 2.24) is 0 Å². The van der Waals surface area contributed by atoms with Crippen LogP contribution in [0.15, 0.2) is 11.6 Å². The number of hydrogen-bond acceptors (Lipinski definition) is 4. The lowest BCUT2D eigenvalue weighted by Crippen LogP contribution is -2.39. The van der Waals surface area contributed by atoms with Gasteiger partial charge in [0.2, 0.25) is 5.91 Å². The van der Waals surface area contributed by atoms with E-state index in [4.69, 9.17) is 5.73 Å². The molecule has 0 aromatic carbocycles. The number of carboxylic acids is 1. The number of allylic oxidation sites excluding steroid dienone is 1. The van der Waals surface area contributed by atoms with Gasteiger partial charge in [0.15, 0.2) is 13.8 Å². The summed E-state index contributed by atoms with van der Waals surface area (Å²) in [5.74, 6) is -2.04. The van der Waals surface area contributed by atoms with Gasteiger partial charge in [-0.3, -0.25) is 14.2 Å². The van der Waals surface area contributed by atoms with Crippen LogP contribution in [0.1, 0.15) is 52.4 Å². The lowest BCUT2D eigenvalue weighted by atomic mass is 9.80. The summed E-state index contributed by atoms with van der Waals surface area (Å²) in [5, 5.41) is 18.0. The molecule has 0 saturated carbocycles. The highest BCUT2D eigenvalue weighted by Gasteiger charge is 2.43. The Labute approximate surface area is 138 Å². The maximum atomic E-state index is 11.5. The van der Waals surface area contributed by atoms with Crippen molar-refractivity contribution in [3.8, 4) is 0 Å². The van der Waals surface area contributed by atoms with E-state index in [1.165, 1.54) is 0 Å². The number of aliphatic carboxylic acids is 1. The van der Waals surface area contributed by atoms with Crippen LogP contribution >= 0.6 is 8.46 Å². The van der Waals surface area contributed by atoms with E-state index in [1.54, 1.807) is 0 Å². The summed E-state index contributed by atoms with van der Waals surface area (Å²) < 4.78 is 11.5. The Morgan fingerprint density at radius 2 is 2.13 bits per heavy atom. The maximum Gasteiger partial charge on any atom is 0.310 e. The van der Waals surface area contributed by atoms with E-state index in [9.17, 15) is 24.4 Å². The topological polar surface area (TPSA) is 118 Å². The van der Waals surface area contributed by atoms with Crippen LogP contribution in [0.3, 0.4) is 0 Å². The van der Waals surface area contributed by atoms with Crippen molar-refractivity contribution in [2.24, 2.45) is 23.5 Å². The van der Waals surface area contributed by atoms with Crippen LogP contribution in [-0.4, -0.2) is 27.4 Å². The minimum Gasteiger partial charge on any atom is -0.481 e. The molecule has 3 atom stereocenters. The van der Waals surface area contributed by atoms with E-state index >= 15 is 0 Å². The smallest absolute Gasteiger partial charge is 0.310 e. The van der Waals surface area contributed by atoms with Crippen molar-refractivity contribution in [1.29, 1.82) is 0 Å². The first kappa shape index (κ1) is 19.8. The first-order valence-electron chi connectivity index (χ1n) is 7.95. The zero-order valence-corrected chi connectivity index (χ0v) is 14.6. The minimum atomic E-state index is -1.90. The lowest BCUT2D eigenvalue weighted by molar-refractivity contribution is -0.147. The molecular formula is C16H26NO5P. The highest BCUT2D eigenvalue weighted by Crippen LogP contribution is 2.41. The molecular weight excluding hydrogens is 317 g/mol. The monoisotopic (exact) mass is 343 g/mol. The number of carboxylic acid groups (broad SMARTS) is 1. The molecule has 6 nitrogen and oxygen atoms in total. The summed E-state index contributed by atoms with van der Waals surface area (Å²) in [6.07, 6.45) is 4.41. The summed E-state index contributed by atoms with van der Waals surface area (Å²) in [7, 11) is -0.642. The first-order chi connectivity index (χ1) is 10.7. The van der Waals surface area contributed by atoms with Crippen molar-refractivity contribution in [2.75, 3.05) is 0 Å². The standard InChI is InChI=1S/C16H26NO5P/c1-10(2)12-5-3-11(4-6-12)9-16(21,23-22)13(15(19)20)7-8-14(17)18/h3,10,12-13,21H,4-9H2,1-2H3,(H2,17,18)(H,19,20). The average molecular weight is 343 g/mol. The predicted octanol–water partition coefficient (Wildman–Crippen LogP) is 2.71. The maximum absolute atomic E-state index is 11.5. The number of carbonyl (C=O) groups excluding carboxylic acids is 1. The molecule has 0 aromatic rings. The fraction of sp³-hybridized carbons (Fsp3) is 0.750. The number of carbonyl (C=O) groups is 2. The van der Waals surface area contributed by atoms with Gasteiger partial charge >= 0.3 is 5.97 Å². The Kier molecular flexibility index (Phi) is 7.36. The minimum absolute atomic E-state index is 0.0403. The van der Waals surface area contributed by atoms with Crippen LogP contribution in [0, 0.1) is 17.8 Å². The van der Waals surface area contributed by atoms with Gasteiger partial charge in [0.05, 0.1) is 5.92 Å². The number of aliphatic hydroxyl groups is 1. The van der Waals surface area contributed by atoms with Crippen molar-refractivity contribution in [3.63, 3.8) is 0 Å². The Morgan fingerprint density at radius 3 is 2.52 bits per heavy atom. The van der Waals surface area contributed by atoms with Gasteiger partial charge in [0.1, 0.15) is 0 Å². The van der Waals surface area contributed by atoms with Gasteiger partial charge < -0.3 is 15.9 Å². The Balaban J connectivity index is 2.84.